The van der Waals surface area contributed by atoms with Gasteiger partial charge in [-0.15, -0.1) is 24.8 Å². The van der Waals surface area contributed by atoms with Gasteiger partial charge in [0.15, 0.2) is 0 Å². The molecule has 1 aliphatic carbocycles. The van der Waals surface area contributed by atoms with E-state index >= 15 is 0 Å². The highest BCUT2D eigenvalue weighted by Crippen LogP contribution is 2.31. The number of nitrogens with two attached hydrogens (primary N) is 1. The van der Waals surface area contributed by atoms with Crippen LogP contribution in [0.4, 0.5) is 0 Å². The molecule has 1 saturated heterocycles. The molecule has 18 heavy (non-hydrogen) atoms. The Hall–Kier alpha value is -0.0300. The first kappa shape index (κ1) is 18.0. The van der Waals surface area contributed by atoms with Crippen molar-refractivity contribution in [2.24, 2.45) is 11.7 Å². The lowest BCUT2D eigenvalue weighted by molar-refractivity contribution is -0.123. The van der Waals surface area contributed by atoms with E-state index in [0.29, 0.717) is 0 Å². The molecule has 108 valence electrons. The number of carbonyl (C=O) groups excluding carboxylic acids is 1. The van der Waals surface area contributed by atoms with Gasteiger partial charge in [-0.05, 0) is 44.7 Å². The van der Waals surface area contributed by atoms with Gasteiger partial charge in [-0.25, -0.2) is 0 Å². The monoisotopic (exact) mass is 297 g/mol. The second kappa shape index (κ2) is 7.53. The third-order valence-electron chi connectivity index (χ3n) is 3.83. The van der Waals surface area contributed by atoms with Crippen molar-refractivity contribution in [1.29, 1.82) is 0 Å². The molecule has 0 aromatic carbocycles. The van der Waals surface area contributed by atoms with E-state index < -0.39 is 5.54 Å². The van der Waals surface area contributed by atoms with Gasteiger partial charge >= 0.3 is 0 Å². The van der Waals surface area contributed by atoms with Crippen LogP contribution in [0.25, 0.3) is 0 Å². The Balaban J connectivity index is 0.00000144. The van der Waals surface area contributed by atoms with E-state index in [4.69, 9.17) is 5.73 Å². The van der Waals surface area contributed by atoms with Crippen LogP contribution < -0.4 is 11.1 Å². The maximum atomic E-state index is 11.6. The zero-order chi connectivity index (χ0) is 11.6. The zero-order valence-electron chi connectivity index (χ0n) is 11.0. The molecule has 1 aliphatic heterocycles. The van der Waals surface area contributed by atoms with Gasteiger partial charge in [0.2, 0.25) is 5.91 Å². The topological polar surface area (TPSA) is 58.4 Å². The summed E-state index contributed by atoms with van der Waals surface area (Å²) < 4.78 is 0. The molecular formula is C12H25Cl2N3O. The Morgan fingerprint density at radius 1 is 1.33 bits per heavy atom. The van der Waals surface area contributed by atoms with Crippen molar-refractivity contribution in [2.45, 2.75) is 38.1 Å². The molecule has 6 heteroatoms. The van der Waals surface area contributed by atoms with Crippen molar-refractivity contribution in [3.05, 3.63) is 0 Å². The van der Waals surface area contributed by atoms with Crippen LogP contribution in [0.5, 0.6) is 0 Å². The van der Waals surface area contributed by atoms with Crippen molar-refractivity contribution in [3.8, 4) is 0 Å². The SMILES string of the molecule is CC1CCN(CCNC(=O)C2(N)CC2)CC1.Cl.Cl. The van der Waals surface area contributed by atoms with Crippen molar-refractivity contribution >= 4 is 30.7 Å². The maximum absolute atomic E-state index is 11.6. The lowest BCUT2D eigenvalue weighted by Crippen LogP contribution is -2.46. The van der Waals surface area contributed by atoms with Crippen LogP contribution in [0.1, 0.15) is 32.6 Å². The highest BCUT2D eigenvalue weighted by atomic mass is 35.5. The molecule has 3 N–H and O–H groups in total. The number of nitrogens with zero attached hydrogens (tertiary/aromatic N) is 1. The first-order chi connectivity index (χ1) is 7.60. The summed E-state index contributed by atoms with van der Waals surface area (Å²) in [6, 6.07) is 0. The average molecular weight is 298 g/mol. The standard InChI is InChI=1S/C12H23N3O.2ClH/c1-10-2-7-15(8-3-10)9-6-14-11(16)12(13)4-5-12;;/h10H,2-9,13H2,1H3,(H,14,16);2*1H. The van der Waals surface area contributed by atoms with Crippen LogP contribution in [0.3, 0.4) is 0 Å². The summed E-state index contributed by atoms with van der Waals surface area (Å²) >= 11 is 0. The van der Waals surface area contributed by atoms with Crippen LogP contribution in [-0.4, -0.2) is 42.5 Å². The Bertz CT molecular complexity index is 264. The highest BCUT2D eigenvalue weighted by molar-refractivity contribution is 5.88. The van der Waals surface area contributed by atoms with Crippen LogP contribution in [0.2, 0.25) is 0 Å². The fraction of sp³-hybridized carbons (Fsp3) is 0.917. The van der Waals surface area contributed by atoms with E-state index in [9.17, 15) is 4.79 Å². The predicted octanol–water partition coefficient (Wildman–Crippen LogP) is 1.17. The number of amides is 1. The summed E-state index contributed by atoms with van der Waals surface area (Å²) in [6.45, 7) is 6.36. The summed E-state index contributed by atoms with van der Waals surface area (Å²) in [4.78, 5) is 14.0. The summed E-state index contributed by atoms with van der Waals surface area (Å²) in [5.41, 5.74) is 5.28. The van der Waals surface area contributed by atoms with Crippen molar-refractivity contribution in [3.63, 3.8) is 0 Å². The quantitative estimate of drug-likeness (QED) is 0.819. The number of halogens is 2. The fourth-order valence-corrected chi connectivity index (χ4v) is 2.15. The fourth-order valence-electron chi connectivity index (χ4n) is 2.15. The molecule has 2 fully saturated rings. The second-order valence-corrected chi connectivity index (χ2v) is 5.44. The van der Waals surface area contributed by atoms with Gasteiger partial charge in [0.05, 0.1) is 5.54 Å². The molecule has 0 unspecified atom stereocenters. The molecule has 0 spiro atoms. The molecule has 2 rings (SSSR count). The number of hydrogen-bond donors (Lipinski definition) is 2. The lowest BCUT2D eigenvalue weighted by atomic mass is 9.99. The zero-order valence-corrected chi connectivity index (χ0v) is 12.6. The summed E-state index contributed by atoms with van der Waals surface area (Å²) in [5.74, 6) is 0.905. The third kappa shape index (κ3) is 4.92. The van der Waals surface area contributed by atoms with Gasteiger partial charge in [0.1, 0.15) is 0 Å². The van der Waals surface area contributed by atoms with Crippen molar-refractivity contribution in [1.82, 2.24) is 10.2 Å². The first-order valence-electron chi connectivity index (χ1n) is 6.40. The molecule has 1 heterocycles. The summed E-state index contributed by atoms with van der Waals surface area (Å²) in [6.07, 6.45) is 4.27. The van der Waals surface area contributed by atoms with Gasteiger partial charge in [-0.3, -0.25) is 4.79 Å². The minimum absolute atomic E-state index is 0. The summed E-state index contributed by atoms with van der Waals surface area (Å²) in [7, 11) is 0. The molecule has 0 bridgehead atoms. The Morgan fingerprint density at radius 2 is 1.89 bits per heavy atom. The average Bonchev–Trinajstić information content (AvgIpc) is 3.01. The molecule has 1 amide bonds. The number of nitrogens with one attached hydrogen (secondary N) is 1. The Morgan fingerprint density at radius 3 is 2.39 bits per heavy atom. The predicted molar refractivity (Wildman–Crippen MR) is 78.5 cm³/mol. The van der Waals surface area contributed by atoms with E-state index in [1.165, 1.54) is 25.9 Å². The minimum atomic E-state index is -0.517. The van der Waals surface area contributed by atoms with Crippen molar-refractivity contribution < 1.29 is 4.79 Å². The largest absolute Gasteiger partial charge is 0.353 e. The molecule has 0 atom stereocenters. The van der Waals surface area contributed by atoms with Gasteiger partial charge in [0, 0.05) is 13.1 Å². The first-order valence-corrected chi connectivity index (χ1v) is 6.40. The van der Waals surface area contributed by atoms with E-state index in [1.807, 2.05) is 0 Å². The number of rotatable bonds is 4. The van der Waals surface area contributed by atoms with Gasteiger partial charge in [0.25, 0.3) is 0 Å². The number of likely N-dealkylation sites (tertiary alicyclic amines) is 1. The highest BCUT2D eigenvalue weighted by Gasteiger charge is 2.45. The Labute approximate surface area is 122 Å². The summed E-state index contributed by atoms with van der Waals surface area (Å²) in [5, 5.41) is 2.94. The van der Waals surface area contributed by atoms with E-state index in [1.54, 1.807) is 0 Å². The van der Waals surface area contributed by atoms with Crippen LogP contribution in [-0.2, 0) is 4.79 Å². The van der Waals surface area contributed by atoms with Gasteiger partial charge in [-0.2, -0.15) is 0 Å². The second-order valence-electron chi connectivity index (χ2n) is 5.44. The molecular weight excluding hydrogens is 273 g/mol. The van der Waals surface area contributed by atoms with Crippen LogP contribution in [0, 0.1) is 5.92 Å². The Kier molecular flexibility index (Phi) is 7.52. The molecule has 0 aromatic rings. The van der Waals surface area contributed by atoms with E-state index in [-0.39, 0.29) is 30.7 Å². The van der Waals surface area contributed by atoms with E-state index in [0.717, 1.165) is 31.8 Å². The van der Waals surface area contributed by atoms with Gasteiger partial charge in [-0.1, -0.05) is 6.92 Å². The minimum Gasteiger partial charge on any atom is -0.353 e. The molecule has 0 aromatic heterocycles. The maximum Gasteiger partial charge on any atom is 0.240 e. The van der Waals surface area contributed by atoms with Crippen molar-refractivity contribution in [2.75, 3.05) is 26.2 Å². The normalized spacial score (nSPS) is 22.6. The van der Waals surface area contributed by atoms with E-state index in [2.05, 4.69) is 17.1 Å². The molecule has 2 aliphatic rings. The number of hydrogen-bond acceptors (Lipinski definition) is 3. The van der Waals surface area contributed by atoms with Crippen LogP contribution >= 0.6 is 24.8 Å². The molecule has 0 radical (unpaired) electrons. The van der Waals surface area contributed by atoms with Gasteiger partial charge < -0.3 is 16.0 Å². The third-order valence-corrected chi connectivity index (χ3v) is 3.83. The number of piperidine rings is 1. The molecule has 4 nitrogen and oxygen atoms in total. The molecule has 1 saturated carbocycles. The smallest absolute Gasteiger partial charge is 0.240 e. The number of carbonyl (C=O) groups is 1. The van der Waals surface area contributed by atoms with Crippen LogP contribution in [0.15, 0.2) is 0 Å². The lowest BCUT2D eigenvalue weighted by Gasteiger charge is -2.30.